The zero-order chi connectivity index (χ0) is 29.7. The molecule has 7 atom stereocenters. The molecule has 1 saturated carbocycles. The van der Waals surface area contributed by atoms with E-state index >= 15 is 4.39 Å². The standard InChI is InChI=1S/C24H30ClFN7O7P/c1-12(2)37-20(34)13(3)32-41(36,39-14-8-6-5-7-9-14)40-21-23(10-25)24(21,35)16(26)19(38-23)33-11-29-15-17(28-4)30-22(27)31-18(15)33/h5-9,11-13,16,19,21,35H,10H2,1-4H3,(H,32,36)(H3,27,28,30,31)/t13-,16+,19-,21?,23-,24-,41-/m1/s1. The van der Waals surface area contributed by atoms with Crippen LogP contribution in [0.2, 0.25) is 0 Å². The molecule has 5 rings (SSSR count). The maximum absolute atomic E-state index is 16.1. The van der Waals surface area contributed by atoms with Gasteiger partial charge in [-0.2, -0.15) is 15.1 Å². The number of nitrogens with zero attached hydrogens (tertiary/aromatic N) is 4. The second-order valence-electron chi connectivity index (χ2n) is 9.99. The van der Waals surface area contributed by atoms with Crippen molar-refractivity contribution in [2.45, 2.75) is 62.6 Å². The number of fused-ring (bicyclic) bond motifs is 2. The van der Waals surface area contributed by atoms with Gasteiger partial charge in [-0.15, -0.1) is 11.6 Å². The molecule has 222 valence electrons. The Balaban J connectivity index is 1.44. The highest BCUT2D eigenvalue weighted by atomic mass is 35.5. The van der Waals surface area contributed by atoms with E-state index in [0.29, 0.717) is 11.3 Å². The van der Waals surface area contributed by atoms with Crippen molar-refractivity contribution >= 4 is 48.2 Å². The molecule has 3 heterocycles. The summed E-state index contributed by atoms with van der Waals surface area (Å²) >= 11 is 6.22. The predicted octanol–water partition coefficient (Wildman–Crippen LogP) is 2.54. The Morgan fingerprint density at radius 1 is 1.32 bits per heavy atom. The molecule has 2 fully saturated rings. The number of hydrogen-bond donors (Lipinski definition) is 4. The number of nitrogens with two attached hydrogens (primary N) is 1. The van der Waals surface area contributed by atoms with E-state index in [0.717, 1.165) is 0 Å². The quantitative estimate of drug-likeness (QED) is 0.141. The SMILES string of the molecule is CNc1nc(N)nc2c1ncn2[C@@H]1O[C@]2(CCl)C(O[P@@](=O)(N[C@H](C)C(=O)OC(C)C)Oc3ccccc3)[C@]2(O)[C@H]1F. The van der Waals surface area contributed by atoms with Crippen molar-refractivity contribution in [3.05, 3.63) is 36.7 Å². The third-order valence-corrected chi connectivity index (χ3v) is 8.88. The monoisotopic (exact) mass is 613 g/mol. The molecule has 3 aromatic rings. The van der Waals surface area contributed by atoms with Crippen molar-refractivity contribution in [1.82, 2.24) is 24.6 Å². The second-order valence-corrected chi connectivity index (χ2v) is 11.9. The number of esters is 1. The smallest absolute Gasteiger partial charge is 0.459 e. The molecule has 1 aromatic carbocycles. The fraction of sp³-hybridized carbons (Fsp3) is 0.500. The molecule has 5 N–H and O–H groups in total. The van der Waals surface area contributed by atoms with Crippen molar-refractivity contribution in [3.63, 3.8) is 0 Å². The lowest BCUT2D eigenvalue weighted by Crippen LogP contribution is -2.38. The third kappa shape index (κ3) is 4.90. The maximum atomic E-state index is 16.1. The molecule has 0 amide bonds. The fourth-order valence-electron chi connectivity index (χ4n) is 4.83. The van der Waals surface area contributed by atoms with Crippen LogP contribution in [-0.2, 0) is 23.4 Å². The number of para-hydroxylation sites is 1. The Bertz CT molecular complexity index is 1500. The van der Waals surface area contributed by atoms with Crippen LogP contribution in [0.3, 0.4) is 0 Å². The highest BCUT2D eigenvalue weighted by molar-refractivity contribution is 7.52. The number of alkyl halides is 2. The number of benzene rings is 1. The summed E-state index contributed by atoms with van der Waals surface area (Å²) in [6.45, 7) is 4.71. The lowest BCUT2D eigenvalue weighted by molar-refractivity contribution is -0.149. The Morgan fingerprint density at radius 3 is 2.63 bits per heavy atom. The fourth-order valence-corrected chi connectivity index (χ4v) is 6.99. The number of carbonyl (C=O) groups excluding carboxylic acids is 1. The molecule has 1 saturated heterocycles. The summed E-state index contributed by atoms with van der Waals surface area (Å²) in [6, 6.07) is 6.83. The van der Waals surface area contributed by atoms with Crippen molar-refractivity contribution in [2.24, 2.45) is 0 Å². The number of ether oxygens (including phenoxy) is 2. The molecule has 2 aromatic heterocycles. The van der Waals surface area contributed by atoms with Crippen LogP contribution in [0, 0.1) is 0 Å². The van der Waals surface area contributed by atoms with E-state index in [2.05, 4.69) is 25.4 Å². The summed E-state index contributed by atoms with van der Waals surface area (Å²) in [5.74, 6) is -0.816. The van der Waals surface area contributed by atoms with E-state index in [4.69, 9.17) is 35.9 Å². The zero-order valence-corrected chi connectivity index (χ0v) is 24.2. The molecule has 1 unspecified atom stereocenters. The molecule has 0 spiro atoms. The third-order valence-electron chi connectivity index (χ3n) is 6.84. The largest absolute Gasteiger partial charge is 0.462 e. The van der Waals surface area contributed by atoms with Gasteiger partial charge in [0.1, 0.15) is 23.5 Å². The molecule has 1 aliphatic heterocycles. The van der Waals surface area contributed by atoms with Gasteiger partial charge < -0.3 is 30.2 Å². The predicted molar refractivity (Wildman–Crippen MR) is 146 cm³/mol. The van der Waals surface area contributed by atoms with Gasteiger partial charge in [0, 0.05) is 7.05 Å². The van der Waals surface area contributed by atoms with Gasteiger partial charge in [-0.3, -0.25) is 13.9 Å². The summed E-state index contributed by atoms with van der Waals surface area (Å²) < 4.78 is 54.0. The van der Waals surface area contributed by atoms with Crippen LogP contribution < -0.4 is 20.7 Å². The molecule has 41 heavy (non-hydrogen) atoms. The number of nitrogen functional groups attached to an aromatic ring is 1. The number of rotatable bonds is 11. The van der Waals surface area contributed by atoms with Gasteiger partial charge in [-0.25, -0.2) is 13.9 Å². The van der Waals surface area contributed by atoms with Crippen LogP contribution in [0.25, 0.3) is 11.2 Å². The first kappa shape index (κ1) is 29.4. The number of imidazole rings is 1. The van der Waals surface area contributed by atoms with Crippen LogP contribution in [0.4, 0.5) is 16.2 Å². The number of aliphatic hydroxyl groups is 1. The molecule has 17 heteroatoms. The Hall–Kier alpha value is -3.07. The highest BCUT2D eigenvalue weighted by Gasteiger charge is 2.90. The Kier molecular flexibility index (Phi) is 7.64. The number of carbonyl (C=O) groups is 1. The van der Waals surface area contributed by atoms with Crippen LogP contribution in [0.5, 0.6) is 5.75 Å². The first-order chi connectivity index (χ1) is 19.4. The zero-order valence-electron chi connectivity index (χ0n) is 22.5. The summed E-state index contributed by atoms with van der Waals surface area (Å²) in [5, 5.41) is 16.9. The molecular formula is C24H30ClFN7O7P. The first-order valence-electron chi connectivity index (χ1n) is 12.7. The first-order valence-corrected chi connectivity index (χ1v) is 14.8. The molecule has 0 radical (unpaired) electrons. The van der Waals surface area contributed by atoms with E-state index in [1.54, 1.807) is 39.1 Å². The van der Waals surface area contributed by atoms with Gasteiger partial charge in [-0.1, -0.05) is 18.2 Å². The minimum Gasteiger partial charge on any atom is -0.462 e. The second kappa shape index (κ2) is 10.6. The molecule has 0 bridgehead atoms. The van der Waals surface area contributed by atoms with Gasteiger partial charge in [0.05, 0.1) is 18.3 Å². The lowest BCUT2D eigenvalue weighted by atomic mass is 10.1. The van der Waals surface area contributed by atoms with Gasteiger partial charge >= 0.3 is 13.7 Å². The number of aromatic nitrogens is 4. The number of nitrogens with one attached hydrogen (secondary N) is 2. The van der Waals surface area contributed by atoms with Crippen molar-refractivity contribution in [2.75, 3.05) is 24.0 Å². The summed E-state index contributed by atoms with van der Waals surface area (Å²) in [5.41, 5.74) is 2.07. The van der Waals surface area contributed by atoms with Crippen molar-refractivity contribution in [1.29, 1.82) is 0 Å². The highest BCUT2D eigenvalue weighted by Crippen LogP contribution is 2.69. The minimum absolute atomic E-state index is 0.0932. The summed E-state index contributed by atoms with van der Waals surface area (Å²) in [7, 11) is -2.87. The van der Waals surface area contributed by atoms with Crippen LogP contribution in [0.15, 0.2) is 36.7 Å². The number of hydrogen-bond acceptors (Lipinski definition) is 12. The van der Waals surface area contributed by atoms with Gasteiger partial charge in [0.15, 0.2) is 35.0 Å². The van der Waals surface area contributed by atoms with E-state index in [9.17, 15) is 14.5 Å². The van der Waals surface area contributed by atoms with Crippen molar-refractivity contribution in [3.8, 4) is 5.75 Å². The topological polar surface area (TPSA) is 185 Å². The Labute approximate surface area is 239 Å². The molecular weight excluding hydrogens is 584 g/mol. The van der Waals surface area contributed by atoms with Crippen LogP contribution >= 0.6 is 19.3 Å². The van der Waals surface area contributed by atoms with Gasteiger partial charge in [0.2, 0.25) is 5.95 Å². The molecule has 2 aliphatic rings. The van der Waals surface area contributed by atoms with Gasteiger partial charge in [-0.05, 0) is 32.9 Å². The van der Waals surface area contributed by atoms with E-state index in [1.807, 2.05) is 0 Å². The average Bonchev–Trinajstić information content (AvgIpc) is 3.16. The normalized spacial score (nSPS) is 29.1. The minimum atomic E-state index is -4.48. The molecule has 1 aliphatic carbocycles. The number of halogens is 2. The summed E-state index contributed by atoms with van der Waals surface area (Å²) in [6.07, 6.45) is -4.30. The summed E-state index contributed by atoms with van der Waals surface area (Å²) in [4.78, 5) is 24.9. The van der Waals surface area contributed by atoms with Crippen LogP contribution in [-0.4, -0.2) is 79.1 Å². The van der Waals surface area contributed by atoms with E-state index in [-0.39, 0.29) is 17.3 Å². The van der Waals surface area contributed by atoms with E-state index < -0.39 is 61.4 Å². The van der Waals surface area contributed by atoms with Crippen LogP contribution in [0.1, 0.15) is 27.0 Å². The van der Waals surface area contributed by atoms with Gasteiger partial charge in [0.25, 0.3) is 0 Å². The van der Waals surface area contributed by atoms with E-state index in [1.165, 1.54) is 30.0 Å². The molecule has 14 nitrogen and oxygen atoms in total. The number of anilines is 2. The Morgan fingerprint density at radius 2 is 2.02 bits per heavy atom. The van der Waals surface area contributed by atoms with Crippen molar-refractivity contribution < 1.29 is 37.4 Å². The lowest BCUT2D eigenvalue weighted by Gasteiger charge is -2.27. The average molecular weight is 614 g/mol. The maximum Gasteiger partial charge on any atom is 0.459 e.